The fourth-order valence-electron chi connectivity index (χ4n) is 3.27. The van der Waals surface area contributed by atoms with Crippen molar-refractivity contribution in [1.82, 2.24) is 10.9 Å². The Kier molecular flexibility index (Phi) is 4.79. The van der Waals surface area contributed by atoms with Crippen LogP contribution < -0.4 is 10.9 Å². The smallest absolute Gasteiger partial charge is 0.170 e. The van der Waals surface area contributed by atoms with E-state index in [-0.39, 0.29) is 6.04 Å². The fraction of sp³-hybridized carbons (Fsp3) is 1.00. The van der Waals surface area contributed by atoms with Crippen molar-refractivity contribution in [3.05, 3.63) is 0 Å². The molecular weight excluding hydrogens is 216 g/mol. The number of hydrazine groups is 1. The number of rotatable bonds is 4. The van der Waals surface area contributed by atoms with Crippen molar-refractivity contribution in [3.8, 4) is 0 Å². The first-order valence-corrected chi connectivity index (χ1v) is 6.96. The molecule has 100 valence electrons. The van der Waals surface area contributed by atoms with E-state index in [0.717, 1.165) is 18.3 Å². The third kappa shape index (κ3) is 3.19. The second-order valence-corrected chi connectivity index (χ2v) is 5.55. The fourth-order valence-corrected chi connectivity index (χ4v) is 3.27. The lowest BCUT2D eigenvalue weighted by molar-refractivity contribution is -0.0944. The van der Waals surface area contributed by atoms with Crippen molar-refractivity contribution >= 4 is 0 Å². The zero-order valence-corrected chi connectivity index (χ0v) is 11.0. The van der Waals surface area contributed by atoms with E-state index in [2.05, 4.69) is 17.8 Å². The van der Waals surface area contributed by atoms with Crippen LogP contribution in [0.25, 0.3) is 0 Å². The first-order chi connectivity index (χ1) is 8.24. The average Bonchev–Trinajstić information content (AvgIpc) is 2.87. The summed E-state index contributed by atoms with van der Waals surface area (Å²) in [5, 5.41) is 9.63. The normalized spacial score (nSPS) is 40.4. The van der Waals surface area contributed by atoms with Crippen molar-refractivity contribution in [2.24, 2.45) is 11.8 Å². The Morgan fingerprint density at radius 3 is 2.53 bits per heavy atom. The number of ether oxygens (including phenoxy) is 1. The van der Waals surface area contributed by atoms with Crippen LogP contribution in [-0.4, -0.2) is 30.6 Å². The number of hydrogen-bond acceptors (Lipinski definition) is 4. The van der Waals surface area contributed by atoms with Crippen molar-refractivity contribution < 1.29 is 9.84 Å². The van der Waals surface area contributed by atoms with Gasteiger partial charge in [0.25, 0.3) is 0 Å². The molecule has 0 spiro atoms. The molecule has 0 radical (unpaired) electrons. The van der Waals surface area contributed by atoms with Gasteiger partial charge in [0.1, 0.15) is 0 Å². The topological polar surface area (TPSA) is 53.5 Å². The molecule has 1 aliphatic carbocycles. The molecular formula is C13H26N2O2. The average molecular weight is 242 g/mol. The Morgan fingerprint density at radius 2 is 1.94 bits per heavy atom. The predicted molar refractivity (Wildman–Crippen MR) is 67.2 cm³/mol. The van der Waals surface area contributed by atoms with Crippen molar-refractivity contribution in [2.45, 2.75) is 63.8 Å². The van der Waals surface area contributed by atoms with Crippen LogP contribution in [0, 0.1) is 11.8 Å². The molecule has 2 fully saturated rings. The lowest BCUT2D eigenvalue weighted by Crippen LogP contribution is -2.41. The summed E-state index contributed by atoms with van der Waals surface area (Å²) < 4.78 is 4.96. The summed E-state index contributed by atoms with van der Waals surface area (Å²) in [6.07, 6.45) is 7.00. The Bertz CT molecular complexity index is 229. The molecule has 0 aromatic rings. The Hall–Kier alpha value is -0.160. The van der Waals surface area contributed by atoms with Gasteiger partial charge in [-0.2, -0.15) is 0 Å². The van der Waals surface area contributed by atoms with E-state index in [1.54, 1.807) is 7.11 Å². The number of methoxy groups -OCH3 is 1. The number of aliphatic hydroxyl groups excluding tert-OH is 1. The number of hydrogen-bond donors (Lipinski definition) is 3. The number of aliphatic hydroxyl groups is 1. The van der Waals surface area contributed by atoms with Crippen LogP contribution in [0.5, 0.6) is 0 Å². The molecule has 0 bridgehead atoms. The molecule has 3 N–H and O–H groups in total. The minimum atomic E-state index is -0.695. The second kappa shape index (κ2) is 6.14. The summed E-state index contributed by atoms with van der Waals surface area (Å²) in [5.41, 5.74) is 6.49. The van der Waals surface area contributed by atoms with Crippen LogP contribution in [0.1, 0.15) is 45.4 Å². The predicted octanol–water partition coefficient (Wildman–Crippen LogP) is 1.40. The summed E-state index contributed by atoms with van der Waals surface area (Å²) in [7, 11) is 1.55. The van der Waals surface area contributed by atoms with E-state index >= 15 is 0 Å². The maximum Gasteiger partial charge on any atom is 0.170 e. The minimum Gasteiger partial charge on any atom is -0.367 e. The molecule has 1 aliphatic heterocycles. The van der Waals surface area contributed by atoms with Crippen LogP contribution in [0.4, 0.5) is 0 Å². The molecule has 4 nitrogen and oxygen atoms in total. The largest absolute Gasteiger partial charge is 0.367 e. The minimum absolute atomic E-state index is 0.0360. The summed E-state index contributed by atoms with van der Waals surface area (Å²) in [6.45, 7) is 2.30. The molecule has 0 aromatic heterocycles. The third-order valence-corrected chi connectivity index (χ3v) is 4.59. The highest BCUT2D eigenvalue weighted by atomic mass is 16.6. The van der Waals surface area contributed by atoms with Gasteiger partial charge in [-0.25, -0.2) is 5.43 Å². The van der Waals surface area contributed by atoms with Gasteiger partial charge in [-0.3, -0.25) is 5.43 Å². The van der Waals surface area contributed by atoms with E-state index in [4.69, 9.17) is 4.74 Å². The van der Waals surface area contributed by atoms with Gasteiger partial charge < -0.3 is 9.84 Å². The summed E-state index contributed by atoms with van der Waals surface area (Å²) in [5.74, 6) is 1.71. The van der Waals surface area contributed by atoms with Gasteiger partial charge >= 0.3 is 0 Å². The quantitative estimate of drug-likeness (QED) is 0.652. The molecule has 3 unspecified atom stereocenters. The van der Waals surface area contributed by atoms with Crippen molar-refractivity contribution in [3.63, 3.8) is 0 Å². The van der Waals surface area contributed by atoms with Gasteiger partial charge in [-0.15, -0.1) is 0 Å². The van der Waals surface area contributed by atoms with Crippen molar-refractivity contribution in [2.75, 3.05) is 7.11 Å². The van der Waals surface area contributed by atoms with Gasteiger partial charge in [0, 0.05) is 13.2 Å². The summed E-state index contributed by atoms with van der Waals surface area (Å²) in [6, 6.07) is 0.538. The molecule has 0 aromatic carbocycles. The molecule has 0 amide bonds. The molecule has 2 aliphatic rings. The second-order valence-electron chi connectivity index (χ2n) is 5.55. The van der Waals surface area contributed by atoms with Gasteiger partial charge in [0.15, 0.2) is 6.29 Å². The highest BCUT2D eigenvalue weighted by Gasteiger charge is 2.35. The van der Waals surface area contributed by atoms with Gasteiger partial charge in [0.05, 0.1) is 6.04 Å². The maximum atomic E-state index is 9.63. The zero-order chi connectivity index (χ0) is 12.3. The lowest BCUT2D eigenvalue weighted by atomic mass is 9.77. The molecule has 1 saturated heterocycles. The van der Waals surface area contributed by atoms with Gasteiger partial charge in [-0.05, 0) is 31.1 Å². The standard InChI is InChI=1S/C13H26N2O2/c1-3-9-4-6-10(7-5-9)11-8-12(15-14-11)13(16)17-2/h9-16H,3-8H2,1-2H3. The van der Waals surface area contributed by atoms with E-state index in [1.165, 1.54) is 32.1 Å². The third-order valence-electron chi connectivity index (χ3n) is 4.59. The molecule has 4 heteroatoms. The van der Waals surface area contributed by atoms with E-state index < -0.39 is 6.29 Å². The van der Waals surface area contributed by atoms with Crippen LogP contribution in [0.2, 0.25) is 0 Å². The van der Waals surface area contributed by atoms with Gasteiger partial charge in [0.2, 0.25) is 0 Å². The number of nitrogens with one attached hydrogen (secondary N) is 2. The van der Waals surface area contributed by atoms with E-state index in [9.17, 15) is 5.11 Å². The van der Waals surface area contributed by atoms with E-state index in [0.29, 0.717) is 6.04 Å². The molecule has 2 rings (SSSR count). The summed E-state index contributed by atoms with van der Waals surface area (Å²) >= 11 is 0. The summed E-state index contributed by atoms with van der Waals surface area (Å²) in [4.78, 5) is 0. The first kappa shape index (κ1) is 13.3. The van der Waals surface area contributed by atoms with Crippen molar-refractivity contribution in [1.29, 1.82) is 0 Å². The maximum absolute atomic E-state index is 9.63. The van der Waals surface area contributed by atoms with Gasteiger partial charge in [-0.1, -0.05) is 26.2 Å². The Morgan fingerprint density at radius 1 is 1.24 bits per heavy atom. The first-order valence-electron chi connectivity index (χ1n) is 6.96. The molecule has 3 atom stereocenters. The monoisotopic (exact) mass is 242 g/mol. The van der Waals surface area contributed by atoms with Crippen LogP contribution in [-0.2, 0) is 4.74 Å². The zero-order valence-electron chi connectivity index (χ0n) is 11.0. The molecule has 1 heterocycles. The lowest BCUT2D eigenvalue weighted by Gasteiger charge is -2.31. The van der Waals surface area contributed by atoms with E-state index in [1.807, 2.05) is 0 Å². The van der Waals surface area contributed by atoms with Crippen LogP contribution >= 0.6 is 0 Å². The molecule has 17 heavy (non-hydrogen) atoms. The van der Waals surface area contributed by atoms with Crippen LogP contribution in [0.3, 0.4) is 0 Å². The highest BCUT2D eigenvalue weighted by Crippen LogP contribution is 2.34. The SMILES string of the molecule is CCC1CCC(C2CC(C(O)OC)NN2)CC1. The molecule has 1 saturated carbocycles. The highest BCUT2D eigenvalue weighted by molar-refractivity contribution is 4.89. The van der Waals surface area contributed by atoms with Crippen LogP contribution in [0.15, 0.2) is 0 Å². The Labute approximate surface area is 104 Å². The Balaban J connectivity index is 1.77.